The minimum atomic E-state index is 0.766. The van der Waals surface area contributed by atoms with Gasteiger partial charge in [-0.05, 0) is 31.6 Å². The monoisotopic (exact) mass is 193 g/mol. The first-order valence-electron chi connectivity index (χ1n) is 5.73. The van der Waals surface area contributed by atoms with Gasteiger partial charge in [0, 0.05) is 19.1 Å². The van der Waals surface area contributed by atoms with Crippen molar-refractivity contribution >= 4 is 0 Å². The lowest BCUT2D eigenvalue weighted by Gasteiger charge is -2.34. The first kappa shape index (κ1) is 11.5. The summed E-state index contributed by atoms with van der Waals surface area (Å²) < 4.78 is 0. The second kappa shape index (κ2) is 6.02. The van der Waals surface area contributed by atoms with Crippen molar-refractivity contribution in [1.29, 1.82) is 0 Å². The first-order valence-corrected chi connectivity index (χ1v) is 5.73. The molecule has 1 rings (SSSR count). The summed E-state index contributed by atoms with van der Waals surface area (Å²) >= 11 is 0. The second-order valence-electron chi connectivity index (χ2n) is 4.44. The van der Waals surface area contributed by atoms with Gasteiger partial charge in [-0.3, -0.25) is 4.90 Å². The van der Waals surface area contributed by atoms with Crippen LogP contribution in [0.5, 0.6) is 0 Å². The van der Waals surface area contributed by atoms with Crippen molar-refractivity contribution < 1.29 is 0 Å². The highest BCUT2D eigenvalue weighted by Gasteiger charge is 2.22. The predicted molar refractivity (Wildman–Crippen MR) is 63.4 cm³/mol. The summed E-state index contributed by atoms with van der Waals surface area (Å²) in [6.07, 6.45) is 9.47. The average molecular weight is 193 g/mol. The largest absolute Gasteiger partial charge is 0.293 e. The third-order valence-electron chi connectivity index (χ3n) is 3.23. The molecule has 0 atom stereocenters. The van der Waals surface area contributed by atoms with Crippen LogP contribution in [0, 0.1) is 5.92 Å². The van der Waals surface area contributed by atoms with Gasteiger partial charge in [0.15, 0.2) is 0 Å². The molecule has 0 bridgehead atoms. The Hall–Kier alpha value is -0.560. The van der Waals surface area contributed by atoms with Crippen molar-refractivity contribution in [3.05, 3.63) is 25.3 Å². The summed E-state index contributed by atoms with van der Waals surface area (Å²) in [6.45, 7) is 12.0. The zero-order valence-electron chi connectivity index (χ0n) is 9.41. The van der Waals surface area contributed by atoms with E-state index >= 15 is 0 Å². The van der Waals surface area contributed by atoms with Gasteiger partial charge in [-0.15, -0.1) is 13.2 Å². The van der Waals surface area contributed by atoms with E-state index in [1.165, 1.54) is 25.7 Å². The molecule has 0 amide bonds. The average Bonchev–Trinajstić information content (AvgIpc) is 2.19. The van der Waals surface area contributed by atoms with Crippen LogP contribution in [0.25, 0.3) is 0 Å². The highest BCUT2D eigenvalue weighted by molar-refractivity contribution is 4.86. The Morgan fingerprint density at radius 1 is 1.07 bits per heavy atom. The Kier molecular flexibility index (Phi) is 4.95. The van der Waals surface area contributed by atoms with Crippen molar-refractivity contribution in [2.24, 2.45) is 5.92 Å². The standard InChI is InChI=1S/C13H23N/c1-4-10-14(11-5-2)13-8-6-12(3)7-9-13/h4-5,12-13H,1-2,6-11H2,3H3. The normalized spacial score (nSPS) is 27.6. The van der Waals surface area contributed by atoms with Crippen molar-refractivity contribution in [3.8, 4) is 0 Å². The molecule has 1 nitrogen and oxygen atoms in total. The van der Waals surface area contributed by atoms with Crippen LogP contribution in [0.15, 0.2) is 25.3 Å². The molecule has 0 unspecified atom stereocenters. The van der Waals surface area contributed by atoms with E-state index < -0.39 is 0 Å². The minimum Gasteiger partial charge on any atom is -0.293 e. The Morgan fingerprint density at radius 3 is 2.00 bits per heavy atom. The quantitative estimate of drug-likeness (QED) is 0.606. The lowest BCUT2D eigenvalue weighted by molar-refractivity contribution is 0.168. The molecule has 0 aliphatic heterocycles. The van der Waals surface area contributed by atoms with E-state index in [4.69, 9.17) is 0 Å². The summed E-state index contributed by atoms with van der Waals surface area (Å²) in [4.78, 5) is 2.49. The summed E-state index contributed by atoms with van der Waals surface area (Å²) in [7, 11) is 0. The molecular weight excluding hydrogens is 170 g/mol. The van der Waals surface area contributed by atoms with Gasteiger partial charge < -0.3 is 0 Å². The number of hydrogen-bond acceptors (Lipinski definition) is 1. The van der Waals surface area contributed by atoms with Crippen LogP contribution in [0.1, 0.15) is 32.6 Å². The molecule has 0 aromatic heterocycles. The van der Waals surface area contributed by atoms with Crippen molar-refractivity contribution in [2.45, 2.75) is 38.6 Å². The zero-order chi connectivity index (χ0) is 10.4. The molecule has 0 spiro atoms. The Morgan fingerprint density at radius 2 is 1.57 bits per heavy atom. The maximum atomic E-state index is 3.82. The molecule has 1 aliphatic carbocycles. The molecule has 0 saturated heterocycles. The zero-order valence-corrected chi connectivity index (χ0v) is 9.41. The van der Waals surface area contributed by atoms with E-state index in [0.29, 0.717) is 0 Å². The fourth-order valence-corrected chi connectivity index (χ4v) is 2.31. The van der Waals surface area contributed by atoms with Gasteiger partial charge in [-0.1, -0.05) is 19.1 Å². The minimum absolute atomic E-state index is 0.766. The SMILES string of the molecule is C=CCN(CC=C)C1CCC(C)CC1. The van der Waals surface area contributed by atoms with E-state index in [1.807, 2.05) is 12.2 Å². The van der Waals surface area contributed by atoms with E-state index in [9.17, 15) is 0 Å². The molecule has 0 aromatic carbocycles. The highest BCUT2D eigenvalue weighted by atomic mass is 15.1. The molecule has 0 N–H and O–H groups in total. The third-order valence-corrected chi connectivity index (χ3v) is 3.23. The molecule has 1 fully saturated rings. The number of nitrogens with zero attached hydrogens (tertiary/aromatic N) is 1. The smallest absolute Gasteiger partial charge is 0.0166 e. The maximum absolute atomic E-state index is 3.82. The van der Waals surface area contributed by atoms with Gasteiger partial charge in [0.1, 0.15) is 0 Å². The van der Waals surface area contributed by atoms with Gasteiger partial charge in [-0.2, -0.15) is 0 Å². The van der Waals surface area contributed by atoms with E-state index in [1.54, 1.807) is 0 Å². The van der Waals surface area contributed by atoms with E-state index in [2.05, 4.69) is 25.0 Å². The number of rotatable bonds is 5. The summed E-state index contributed by atoms with van der Waals surface area (Å²) in [5.41, 5.74) is 0. The molecule has 0 radical (unpaired) electrons. The molecule has 14 heavy (non-hydrogen) atoms. The van der Waals surface area contributed by atoms with Crippen molar-refractivity contribution in [1.82, 2.24) is 4.90 Å². The summed E-state index contributed by atoms with van der Waals surface area (Å²) in [5.74, 6) is 0.931. The van der Waals surface area contributed by atoms with Crippen LogP contribution in [-0.2, 0) is 0 Å². The van der Waals surface area contributed by atoms with Crippen LogP contribution in [0.3, 0.4) is 0 Å². The topological polar surface area (TPSA) is 3.24 Å². The van der Waals surface area contributed by atoms with Gasteiger partial charge in [0.25, 0.3) is 0 Å². The molecule has 80 valence electrons. The lowest BCUT2D eigenvalue weighted by Crippen LogP contribution is -2.38. The number of hydrogen-bond donors (Lipinski definition) is 0. The fraction of sp³-hybridized carbons (Fsp3) is 0.692. The van der Waals surface area contributed by atoms with Crippen LogP contribution in [0.2, 0.25) is 0 Å². The summed E-state index contributed by atoms with van der Waals surface area (Å²) in [5, 5.41) is 0. The van der Waals surface area contributed by atoms with Gasteiger partial charge in [0.05, 0.1) is 0 Å². The Bertz CT molecular complexity index is 168. The highest BCUT2D eigenvalue weighted by Crippen LogP contribution is 2.26. The molecular formula is C13H23N. The van der Waals surface area contributed by atoms with E-state index in [0.717, 1.165) is 25.0 Å². The molecule has 1 heteroatoms. The first-order chi connectivity index (χ1) is 6.77. The van der Waals surface area contributed by atoms with E-state index in [-0.39, 0.29) is 0 Å². The molecule has 0 aromatic rings. The van der Waals surface area contributed by atoms with Crippen molar-refractivity contribution in [3.63, 3.8) is 0 Å². The van der Waals surface area contributed by atoms with Gasteiger partial charge in [0.2, 0.25) is 0 Å². The fourth-order valence-electron chi connectivity index (χ4n) is 2.31. The molecule has 1 saturated carbocycles. The van der Waals surface area contributed by atoms with Crippen molar-refractivity contribution in [2.75, 3.05) is 13.1 Å². The third kappa shape index (κ3) is 3.30. The van der Waals surface area contributed by atoms with Gasteiger partial charge in [-0.25, -0.2) is 0 Å². The van der Waals surface area contributed by atoms with Gasteiger partial charge >= 0.3 is 0 Å². The van der Waals surface area contributed by atoms with Crippen LogP contribution in [0.4, 0.5) is 0 Å². The maximum Gasteiger partial charge on any atom is 0.0166 e. The molecule has 0 heterocycles. The van der Waals surface area contributed by atoms with Crippen LogP contribution in [-0.4, -0.2) is 24.0 Å². The Balaban J connectivity index is 2.42. The Labute approximate surface area is 88.5 Å². The predicted octanol–water partition coefficient (Wildman–Crippen LogP) is 3.24. The van der Waals surface area contributed by atoms with Crippen LogP contribution < -0.4 is 0 Å². The van der Waals surface area contributed by atoms with Crippen LogP contribution >= 0.6 is 0 Å². The molecule has 1 aliphatic rings. The summed E-state index contributed by atoms with van der Waals surface area (Å²) in [6, 6.07) is 0.766. The lowest BCUT2D eigenvalue weighted by atomic mass is 9.86. The second-order valence-corrected chi connectivity index (χ2v) is 4.44.